The quantitative estimate of drug-likeness (QED) is 0.814. The lowest BCUT2D eigenvalue weighted by Gasteiger charge is -2.25. The van der Waals surface area contributed by atoms with Crippen molar-refractivity contribution in [2.75, 3.05) is 7.11 Å². The summed E-state index contributed by atoms with van der Waals surface area (Å²) in [6, 6.07) is 7.49. The van der Waals surface area contributed by atoms with E-state index in [0.717, 1.165) is 35.6 Å². The lowest BCUT2D eigenvalue weighted by atomic mass is 9.96. The van der Waals surface area contributed by atoms with E-state index in [-0.39, 0.29) is 5.97 Å². The predicted molar refractivity (Wildman–Crippen MR) is 99.5 cm³/mol. The molecule has 1 saturated carbocycles. The van der Waals surface area contributed by atoms with Gasteiger partial charge in [0, 0.05) is 22.6 Å². The second-order valence-electron chi connectivity index (χ2n) is 6.44. The number of carbonyl (C=O) groups excluding carboxylic acids is 1. The fraction of sp³-hybridized carbons (Fsp3) is 0.474. The van der Waals surface area contributed by atoms with Crippen molar-refractivity contribution >= 4 is 17.7 Å². The number of nitrogens with zero attached hydrogens (tertiary/aromatic N) is 1. The number of nitrogens with two attached hydrogens (primary N) is 1. The summed E-state index contributed by atoms with van der Waals surface area (Å²) in [5.74, 6) is 1.96. The third-order valence-electron chi connectivity index (χ3n) is 4.62. The third-order valence-corrected chi connectivity index (χ3v) is 6.00. The average Bonchev–Trinajstić information content (AvgIpc) is 3.01. The van der Waals surface area contributed by atoms with E-state index in [2.05, 4.69) is 4.98 Å². The normalized spacial score (nSPS) is 20.4. The summed E-state index contributed by atoms with van der Waals surface area (Å²) in [5.41, 5.74) is 8.33. The molecule has 1 aromatic heterocycles. The number of esters is 1. The van der Waals surface area contributed by atoms with Crippen LogP contribution in [0.1, 0.15) is 47.5 Å². The number of benzene rings is 1. The molecule has 2 aromatic rings. The average molecular weight is 360 g/mol. The van der Waals surface area contributed by atoms with Gasteiger partial charge in [-0.2, -0.15) is 11.8 Å². The molecule has 2 N–H and O–H groups in total. The Morgan fingerprint density at radius 2 is 1.96 bits per heavy atom. The molecule has 0 aliphatic heterocycles. The van der Waals surface area contributed by atoms with Crippen molar-refractivity contribution in [1.29, 1.82) is 0 Å². The van der Waals surface area contributed by atoms with Crippen LogP contribution in [0.2, 0.25) is 0 Å². The molecule has 0 atom stereocenters. The number of carbonyl (C=O) groups is 1. The van der Waals surface area contributed by atoms with Crippen LogP contribution in [0, 0.1) is 6.92 Å². The summed E-state index contributed by atoms with van der Waals surface area (Å²) in [5, 5.41) is 0.665. The van der Waals surface area contributed by atoms with Crippen molar-refractivity contribution in [2.45, 2.75) is 49.7 Å². The van der Waals surface area contributed by atoms with Gasteiger partial charge in [0.2, 0.25) is 5.89 Å². The van der Waals surface area contributed by atoms with Gasteiger partial charge < -0.3 is 14.9 Å². The first kappa shape index (κ1) is 18.0. The monoisotopic (exact) mass is 360 g/mol. The fourth-order valence-corrected chi connectivity index (χ4v) is 4.27. The predicted octanol–water partition coefficient (Wildman–Crippen LogP) is 3.94. The first-order valence-corrected chi connectivity index (χ1v) is 9.64. The Hall–Kier alpha value is -1.79. The van der Waals surface area contributed by atoms with Crippen LogP contribution in [-0.4, -0.2) is 29.4 Å². The van der Waals surface area contributed by atoms with Gasteiger partial charge in [-0.05, 0) is 56.9 Å². The van der Waals surface area contributed by atoms with Gasteiger partial charge in [0.15, 0.2) is 0 Å². The molecule has 0 radical (unpaired) electrons. The minimum absolute atomic E-state index is 0.348. The molecule has 6 heteroatoms. The van der Waals surface area contributed by atoms with Gasteiger partial charge in [-0.1, -0.05) is 0 Å². The second kappa shape index (κ2) is 8.06. The van der Waals surface area contributed by atoms with Gasteiger partial charge in [-0.25, -0.2) is 9.78 Å². The van der Waals surface area contributed by atoms with Crippen LogP contribution >= 0.6 is 11.8 Å². The Morgan fingerprint density at radius 3 is 2.60 bits per heavy atom. The lowest BCUT2D eigenvalue weighted by Crippen LogP contribution is -2.27. The number of aryl methyl sites for hydroxylation is 1. The van der Waals surface area contributed by atoms with Crippen LogP contribution in [0.25, 0.3) is 11.5 Å². The van der Waals surface area contributed by atoms with E-state index in [9.17, 15) is 4.79 Å². The highest BCUT2D eigenvalue weighted by Gasteiger charge is 2.20. The number of methoxy groups -OCH3 is 1. The summed E-state index contributed by atoms with van der Waals surface area (Å²) in [7, 11) is 1.37. The SMILES string of the molecule is COC(=O)c1ccc(-c2nc(CSC3CCC(N)CC3)c(C)o2)cc1. The third kappa shape index (κ3) is 4.44. The van der Waals surface area contributed by atoms with Gasteiger partial charge in [0.05, 0.1) is 18.4 Å². The summed E-state index contributed by atoms with van der Waals surface area (Å²) in [6.07, 6.45) is 4.61. The van der Waals surface area contributed by atoms with Crippen molar-refractivity contribution in [1.82, 2.24) is 4.98 Å². The zero-order valence-corrected chi connectivity index (χ0v) is 15.5. The molecule has 0 saturated heterocycles. The smallest absolute Gasteiger partial charge is 0.337 e. The van der Waals surface area contributed by atoms with Gasteiger partial charge in [0.1, 0.15) is 5.76 Å². The second-order valence-corrected chi connectivity index (χ2v) is 7.73. The van der Waals surface area contributed by atoms with E-state index < -0.39 is 0 Å². The highest BCUT2D eigenvalue weighted by atomic mass is 32.2. The van der Waals surface area contributed by atoms with E-state index in [1.807, 2.05) is 30.8 Å². The molecule has 1 fully saturated rings. The molecular formula is C19H24N2O3S. The Kier molecular flexibility index (Phi) is 5.81. The summed E-state index contributed by atoms with van der Waals surface area (Å²) in [6.45, 7) is 1.95. The van der Waals surface area contributed by atoms with Crippen molar-refractivity contribution in [3.63, 3.8) is 0 Å². The maximum absolute atomic E-state index is 11.5. The van der Waals surface area contributed by atoms with Crippen LogP contribution in [0.4, 0.5) is 0 Å². The van der Waals surface area contributed by atoms with E-state index >= 15 is 0 Å². The van der Waals surface area contributed by atoms with Gasteiger partial charge in [-0.3, -0.25) is 0 Å². The standard InChI is InChI=1S/C19H24N2O3S/c1-12-17(11-25-16-9-7-15(20)8-10-16)21-18(24-12)13-3-5-14(6-4-13)19(22)23-2/h3-6,15-16H,7-11,20H2,1-2H3. The number of hydrogen-bond acceptors (Lipinski definition) is 6. The van der Waals surface area contributed by atoms with E-state index in [4.69, 9.17) is 14.9 Å². The number of oxazole rings is 1. The molecule has 134 valence electrons. The van der Waals surface area contributed by atoms with Gasteiger partial charge >= 0.3 is 5.97 Å². The van der Waals surface area contributed by atoms with E-state index in [1.54, 1.807) is 12.1 Å². The molecule has 0 spiro atoms. The Morgan fingerprint density at radius 1 is 1.28 bits per heavy atom. The minimum Gasteiger partial charge on any atom is -0.465 e. The summed E-state index contributed by atoms with van der Waals surface area (Å²) >= 11 is 1.95. The topological polar surface area (TPSA) is 78.3 Å². The number of aromatic nitrogens is 1. The molecule has 5 nitrogen and oxygen atoms in total. The fourth-order valence-electron chi connectivity index (χ4n) is 3.00. The molecule has 1 aliphatic rings. The molecule has 3 rings (SSSR count). The zero-order chi connectivity index (χ0) is 17.8. The molecule has 0 bridgehead atoms. The van der Waals surface area contributed by atoms with Crippen molar-refractivity contribution < 1.29 is 13.9 Å². The molecule has 0 unspecified atom stereocenters. The number of thioether (sulfide) groups is 1. The van der Waals surface area contributed by atoms with Crippen molar-refractivity contribution in [3.05, 3.63) is 41.3 Å². The zero-order valence-electron chi connectivity index (χ0n) is 14.7. The largest absolute Gasteiger partial charge is 0.465 e. The number of hydrogen-bond donors (Lipinski definition) is 1. The molecule has 1 aromatic carbocycles. The Labute approximate surface area is 152 Å². The maximum Gasteiger partial charge on any atom is 0.337 e. The van der Waals surface area contributed by atoms with Crippen LogP contribution in [0.15, 0.2) is 28.7 Å². The van der Waals surface area contributed by atoms with E-state index in [0.29, 0.717) is 22.7 Å². The number of ether oxygens (including phenoxy) is 1. The number of rotatable bonds is 5. The van der Waals surface area contributed by atoms with Crippen LogP contribution in [-0.2, 0) is 10.5 Å². The first-order valence-electron chi connectivity index (χ1n) is 8.59. The summed E-state index contributed by atoms with van der Waals surface area (Å²) in [4.78, 5) is 16.1. The summed E-state index contributed by atoms with van der Waals surface area (Å²) < 4.78 is 10.5. The Bertz CT molecular complexity index is 719. The van der Waals surface area contributed by atoms with Gasteiger partial charge in [-0.15, -0.1) is 0 Å². The van der Waals surface area contributed by atoms with Crippen LogP contribution in [0.3, 0.4) is 0 Å². The minimum atomic E-state index is -0.348. The molecule has 0 amide bonds. The highest BCUT2D eigenvalue weighted by molar-refractivity contribution is 7.99. The first-order chi connectivity index (χ1) is 12.1. The lowest BCUT2D eigenvalue weighted by molar-refractivity contribution is 0.0600. The van der Waals surface area contributed by atoms with Crippen molar-refractivity contribution in [3.8, 4) is 11.5 Å². The van der Waals surface area contributed by atoms with Gasteiger partial charge in [0.25, 0.3) is 0 Å². The molecule has 1 heterocycles. The van der Waals surface area contributed by atoms with Crippen LogP contribution in [0.5, 0.6) is 0 Å². The molecular weight excluding hydrogens is 336 g/mol. The maximum atomic E-state index is 11.5. The van der Waals surface area contributed by atoms with E-state index in [1.165, 1.54) is 20.0 Å². The highest BCUT2D eigenvalue weighted by Crippen LogP contribution is 2.32. The molecule has 25 heavy (non-hydrogen) atoms. The van der Waals surface area contributed by atoms with Crippen LogP contribution < -0.4 is 5.73 Å². The molecule has 1 aliphatic carbocycles. The Balaban J connectivity index is 1.64. The van der Waals surface area contributed by atoms with Crippen molar-refractivity contribution in [2.24, 2.45) is 5.73 Å².